The van der Waals surface area contributed by atoms with E-state index in [1.165, 1.54) is 11.3 Å². The molecule has 0 aliphatic rings. The Kier molecular flexibility index (Phi) is 3.96. The van der Waals surface area contributed by atoms with E-state index in [0.717, 1.165) is 5.76 Å². The molecule has 2 heterocycles. The molecule has 0 spiro atoms. The predicted octanol–water partition coefficient (Wildman–Crippen LogP) is 1.92. The topological polar surface area (TPSA) is 92.4 Å². The summed E-state index contributed by atoms with van der Waals surface area (Å²) in [6, 6.07) is 3.61. The van der Waals surface area contributed by atoms with Gasteiger partial charge >= 0.3 is 5.97 Å². The Hall–Kier alpha value is -2.15. The van der Waals surface area contributed by atoms with E-state index in [4.69, 9.17) is 9.52 Å². The second-order valence-corrected chi connectivity index (χ2v) is 4.71. The molecule has 100 valence electrons. The number of carbonyl (C=O) groups is 2. The van der Waals surface area contributed by atoms with Crippen LogP contribution in [-0.4, -0.2) is 28.5 Å². The summed E-state index contributed by atoms with van der Waals surface area (Å²) >= 11 is 1.30. The number of aryl methyl sites for hydroxylation is 1. The molecule has 1 amide bonds. The molecule has 0 aliphatic heterocycles. The maximum atomic E-state index is 11.7. The van der Waals surface area contributed by atoms with Crippen molar-refractivity contribution in [1.82, 2.24) is 10.3 Å². The molecule has 0 bridgehead atoms. The molecule has 0 saturated carbocycles. The summed E-state index contributed by atoms with van der Waals surface area (Å²) in [7, 11) is 0. The zero-order chi connectivity index (χ0) is 13.8. The second-order valence-electron chi connectivity index (χ2n) is 3.85. The zero-order valence-electron chi connectivity index (χ0n) is 10.2. The van der Waals surface area contributed by atoms with Crippen LogP contribution in [0.5, 0.6) is 0 Å². The van der Waals surface area contributed by atoms with Gasteiger partial charge < -0.3 is 14.8 Å². The average molecular weight is 280 g/mol. The van der Waals surface area contributed by atoms with E-state index in [0.29, 0.717) is 10.8 Å². The Labute approximate surface area is 113 Å². The van der Waals surface area contributed by atoms with Crippen LogP contribution in [0.4, 0.5) is 0 Å². The lowest BCUT2D eigenvalue weighted by Gasteiger charge is -1.99. The first-order chi connectivity index (χ1) is 9.06. The molecule has 7 heteroatoms. The van der Waals surface area contributed by atoms with Gasteiger partial charge in [-0.1, -0.05) is 0 Å². The number of furan rings is 1. The van der Waals surface area contributed by atoms with E-state index < -0.39 is 5.97 Å². The maximum absolute atomic E-state index is 11.7. The molecule has 0 aliphatic carbocycles. The van der Waals surface area contributed by atoms with E-state index in [9.17, 15) is 9.59 Å². The average Bonchev–Trinajstić information content (AvgIpc) is 2.96. The van der Waals surface area contributed by atoms with Crippen LogP contribution in [0.3, 0.4) is 0 Å². The van der Waals surface area contributed by atoms with Crippen LogP contribution in [0, 0.1) is 6.92 Å². The van der Waals surface area contributed by atoms with Gasteiger partial charge in [-0.05, 0) is 19.1 Å². The van der Waals surface area contributed by atoms with Crippen LogP contribution < -0.4 is 5.32 Å². The Morgan fingerprint density at radius 3 is 2.89 bits per heavy atom. The van der Waals surface area contributed by atoms with Crippen molar-refractivity contribution >= 4 is 23.2 Å². The quantitative estimate of drug-likeness (QED) is 0.872. The van der Waals surface area contributed by atoms with Crippen molar-refractivity contribution in [2.75, 3.05) is 6.54 Å². The smallest absolute Gasteiger partial charge is 0.305 e. The third kappa shape index (κ3) is 3.41. The highest BCUT2D eigenvalue weighted by atomic mass is 32.1. The Morgan fingerprint density at radius 2 is 2.26 bits per heavy atom. The van der Waals surface area contributed by atoms with E-state index in [-0.39, 0.29) is 24.6 Å². The molecule has 0 unspecified atom stereocenters. The lowest BCUT2D eigenvalue weighted by atomic mass is 10.4. The van der Waals surface area contributed by atoms with Crippen LogP contribution in [-0.2, 0) is 4.79 Å². The zero-order valence-corrected chi connectivity index (χ0v) is 11.0. The summed E-state index contributed by atoms with van der Waals surface area (Å²) < 4.78 is 5.41. The summed E-state index contributed by atoms with van der Waals surface area (Å²) in [6.07, 6.45) is -0.111. The lowest BCUT2D eigenvalue weighted by molar-refractivity contribution is -0.136. The van der Waals surface area contributed by atoms with Crippen molar-refractivity contribution in [3.05, 3.63) is 29.0 Å². The third-order valence-corrected chi connectivity index (χ3v) is 3.17. The maximum Gasteiger partial charge on any atom is 0.305 e. The van der Waals surface area contributed by atoms with Gasteiger partial charge in [-0.15, -0.1) is 11.3 Å². The fourth-order valence-electron chi connectivity index (χ4n) is 1.41. The van der Waals surface area contributed by atoms with Gasteiger partial charge in [-0.25, -0.2) is 4.98 Å². The minimum atomic E-state index is -0.953. The normalized spacial score (nSPS) is 10.4. The van der Waals surface area contributed by atoms with Crippen molar-refractivity contribution in [2.24, 2.45) is 0 Å². The van der Waals surface area contributed by atoms with E-state index in [2.05, 4.69) is 10.3 Å². The largest absolute Gasteiger partial charge is 0.481 e. The van der Waals surface area contributed by atoms with Gasteiger partial charge in [0.1, 0.15) is 11.5 Å². The molecule has 19 heavy (non-hydrogen) atoms. The molecule has 0 atom stereocenters. The van der Waals surface area contributed by atoms with Crippen LogP contribution in [0.1, 0.15) is 22.7 Å². The van der Waals surface area contributed by atoms with Gasteiger partial charge in [-0.3, -0.25) is 9.59 Å². The molecule has 0 fully saturated rings. The van der Waals surface area contributed by atoms with Gasteiger partial charge in [0.05, 0.1) is 6.42 Å². The minimum absolute atomic E-state index is 0.0842. The van der Waals surface area contributed by atoms with E-state index in [1.54, 1.807) is 11.4 Å². The second kappa shape index (κ2) is 5.66. The van der Waals surface area contributed by atoms with Gasteiger partial charge in [0, 0.05) is 11.9 Å². The minimum Gasteiger partial charge on any atom is -0.481 e. The van der Waals surface area contributed by atoms with Crippen molar-refractivity contribution in [3.8, 4) is 10.8 Å². The number of rotatable bonds is 5. The number of carboxylic acid groups (broad SMARTS) is 1. The van der Waals surface area contributed by atoms with Crippen LogP contribution >= 0.6 is 11.3 Å². The summed E-state index contributed by atoms with van der Waals surface area (Å²) in [4.78, 5) is 26.2. The number of nitrogens with one attached hydrogen (secondary N) is 1. The Morgan fingerprint density at radius 1 is 1.47 bits per heavy atom. The van der Waals surface area contributed by atoms with Crippen molar-refractivity contribution < 1.29 is 19.1 Å². The molecule has 2 aromatic rings. The van der Waals surface area contributed by atoms with Crippen molar-refractivity contribution in [3.63, 3.8) is 0 Å². The number of carbonyl (C=O) groups excluding carboxylic acids is 1. The highest BCUT2D eigenvalue weighted by molar-refractivity contribution is 7.13. The van der Waals surface area contributed by atoms with E-state index >= 15 is 0 Å². The van der Waals surface area contributed by atoms with Gasteiger partial charge in [0.2, 0.25) is 0 Å². The molecule has 2 rings (SSSR count). The van der Waals surface area contributed by atoms with Crippen LogP contribution in [0.15, 0.2) is 21.9 Å². The standard InChI is InChI=1S/C12H12N2O4S/c1-7-2-3-9(18-7)12-14-8(6-19-12)11(17)13-5-4-10(15)16/h2-3,6H,4-5H2,1H3,(H,13,17)(H,15,16). The molecule has 0 aromatic carbocycles. The molecular weight excluding hydrogens is 268 g/mol. The van der Waals surface area contributed by atoms with E-state index in [1.807, 2.05) is 13.0 Å². The first-order valence-corrected chi connectivity index (χ1v) is 6.46. The number of hydrogen-bond acceptors (Lipinski definition) is 5. The fourth-order valence-corrected chi connectivity index (χ4v) is 2.17. The summed E-state index contributed by atoms with van der Waals surface area (Å²) in [5, 5.41) is 13.2. The summed E-state index contributed by atoms with van der Waals surface area (Å²) in [5.41, 5.74) is 0.263. The highest BCUT2D eigenvalue weighted by Crippen LogP contribution is 2.25. The van der Waals surface area contributed by atoms with Crippen molar-refractivity contribution in [2.45, 2.75) is 13.3 Å². The first kappa shape index (κ1) is 13.3. The van der Waals surface area contributed by atoms with Gasteiger partial charge in [-0.2, -0.15) is 0 Å². The summed E-state index contributed by atoms with van der Waals surface area (Å²) in [5.74, 6) is 0.0575. The number of amides is 1. The number of aliphatic carboxylic acids is 1. The number of carboxylic acids is 1. The summed E-state index contributed by atoms with van der Waals surface area (Å²) in [6.45, 7) is 1.91. The monoisotopic (exact) mass is 280 g/mol. The first-order valence-electron chi connectivity index (χ1n) is 5.58. The number of hydrogen-bond donors (Lipinski definition) is 2. The number of nitrogens with zero attached hydrogens (tertiary/aromatic N) is 1. The van der Waals surface area contributed by atoms with Gasteiger partial charge in [0.25, 0.3) is 5.91 Å². The molecular formula is C12H12N2O4S. The highest BCUT2D eigenvalue weighted by Gasteiger charge is 2.13. The number of aromatic nitrogens is 1. The molecule has 6 nitrogen and oxygen atoms in total. The fraction of sp³-hybridized carbons (Fsp3) is 0.250. The van der Waals surface area contributed by atoms with Crippen LogP contribution in [0.25, 0.3) is 10.8 Å². The predicted molar refractivity (Wildman–Crippen MR) is 69.1 cm³/mol. The molecule has 0 saturated heterocycles. The Bertz CT molecular complexity index is 602. The van der Waals surface area contributed by atoms with Crippen molar-refractivity contribution in [1.29, 1.82) is 0 Å². The molecule has 2 aromatic heterocycles. The third-order valence-electron chi connectivity index (χ3n) is 2.31. The van der Waals surface area contributed by atoms with Gasteiger partial charge in [0.15, 0.2) is 10.8 Å². The van der Waals surface area contributed by atoms with Crippen LogP contribution in [0.2, 0.25) is 0 Å². The Balaban J connectivity index is 2.00. The molecule has 2 N–H and O–H groups in total. The SMILES string of the molecule is Cc1ccc(-c2nc(C(=O)NCCC(=O)O)cs2)o1. The lowest BCUT2D eigenvalue weighted by Crippen LogP contribution is -2.26. The number of thiazole rings is 1. The molecule has 0 radical (unpaired) electrons.